The van der Waals surface area contributed by atoms with E-state index in [9.17, 15) is 0 Å². The second kappa shape index (κ2) is 4.71. The van der Waals surface area contributed by atoms with E-state index in [-0.39, 0.29) is 0 Å². The molecule has 20 heavy (non-hydrogen) atoms. The van der Waals surface area contributed by atoms with Crippen LogP contribution in [0.1, 0.15) is 30.0 Å². The maximum Gasteiger partial charge on any atom is 0.0516 e. The molecule has 4 rings (SSSR count). The maximum atomic E-state index is 3.71. The van der Waals surface area contributed by atoms with Crippen molar-refractivity contribution in [3.05, 3.63) is 65.9 Å². The first kappa shape index (κ1) is 11.6. The van der Waals surface area contributed by atoms with E-state index in [0.717, 1.165) is 0 Å². The minimum atomic E-state index is 0.441. The summed E-state index contributed by atoms with van der Waals surface area (Å²) >= 11 is 0. The molecule has 0 spiro atoms. The first-order valence-corrected chi connectivity index (χ1v) is 7.32. The molecule has 0 bridgehead atoms. The largest absolute Gasteiger partial charge is 0.378 e. The van der Waals surface area contributed by atoms with Crippen molar-refractivity contribution in [1.29, 1.82) is 0 Å². The molecule has 1 aliphatic carbocycles. The zero-order valence-electron chi connectivity index (χ0n) is 11.4. The van der Waals surface area contributed by atoms with Gasteiger partial charge in [0, 0.05) is 22.8 Å². The summed E-state index contributed by atoms with van der Waals surface area (Å²) in [6, 6.07) is 17.9. The van der Waals surface area contributed by atoms with Gasteiger partial charge in [0.1, 0.15) is 0 Å². The highest BCUT2D eigenvalue weighted by Gasteiger charge is 2.19. The van der Waals surface area contributed by atoms with E-state index in [0.29, 0.717) is 6.04 Å². The Kier molecular flexibility index (Phi) is 2.73. The van der Waals surface area contributed by atoms with E-state index in [1.165, 1.54) is 47.0 Å². The predicted molar refractivity (Wildman–Crippen MR) is 84.0 cm³/mol. The van der Waals surface area contributed by atoms with Gasteiger partial charge in [-0.15, -0.1) is 0 Å². The molecule has 0 fully saturated rings. The normalized spacial score (nSPS) is 17.9. The quantitative estimate of drug-likeness (QED) is 0.691. The summed E-state index contributed by atoms with van der Waals surface area (Å²) < 4.78 is 0. The van der Waals surface area contributed by atoms with E-state index in [2.05, 4.69) is 58.8 Å². The Labute approximate surface area is 118 Å². The predicted octanol–water partition coefficient (Wildman–Crippen LogP) is 4.66. The summed E-state index contributed by atoms with van der Waals surface area (Å²) in [5.41, 5.74) is 5.37. The molecule has 2 heteroatoms. The van der Waals surface area contributed by atoms with Crippen molar-refractivity contribution < 1.29 is 0 Å². The lowest BCUT2D eigenvalue weighted by Crippen LogP contribution is -2.17. The van der Waals surface area contributed by atoms with Crippen LogP contribution in [0.4, 0.5) is 5.69 Å². The Morgan fingerprint density at radius 1 is 1.05 bits per heavy atom. The van der Waals surface area contributed by atoms with Crippen molar-refractivity contribution in [2.24, 2.45) is 0 Å². The third-order valence-corrected chi connectivity index (χ3v) is 4.26. The number of hydrogen-bond acceptors (Lipinski definition) is 1. The summed E-state index contributed by atoms with van der Waals surface area (Å²) in [5, 5.41) is 4.97. The molecule has 0 radical (unpaired) electrons. The molecule has 1 atom stereocenters. The van der Waals surface area contributed by atoms with Crippen molar-refractivity contribution in [2.45, 2.75) is 25.3 Å². The molecule has 2 N–H and O–H groups in total. The van der Waals surface area contributed by atoms with Crippen LogP contribution in [0, 0.1) is 0 Å². The molecular weight excluding hydrogens is 244 g/mol. The standard InChI is InChI=1S/C18H18N2/c1-2-6-16-13(4-1)5-3-7-18(16)20-15-8-9-17-14(12-15)10-11-19-17/h1-2,4,6,8-12,18-20H,3,5,7H2. The van der Waals surface area contributed by atoms with Crippen LogP contribution in [0.3, 0.4) is 0 Å². The first-order valence-electron chi connectivity index (χ1n) is 7.32. The van der Waals surface area contributed by atoms with E-state index >= 15 is 0 Å². The van der Waals surface area contributed by atoms with Crippen LogP contribution in [0.5, 0.6) is 0 Å². The summed E-state index contributed by atoms with van der Waals surface area (Å²) in [4.78, 5) is 3.24. The number of aromatic nitrogens is 1. The monoisotopic (exact) mass is 262 g/mol. The lowest BCUT2D eigenvalue weighted by Gasteiger charge is -2.27. The summed E-state index contributed by atoms with van der Waals surface area (Å²) in [7, 11) is 0. The molecule has 2 aromatic carbocycles. The van der Waals surface area contributed by atoms with Gasteiger partial charge in [-0.1, -0.05) is 24.3 Å². The minimum Gasteiger partial charge on any atom is -0.378 e. The van der Waals surface area contributed by atoms with Gasteiger partial charge >= 0.3 is 0 Å². The maximum absolute atomic E-state index is 3.71. The second-order valence-corrected chi connectivity index (χ2v) is 5.57. The molecule has 100 valence electrons. The van der Waals surface area contributed by atoms with Crippen molar-refractivity contribution >= 4 is 16.6 Å². The molecule has 1 heterocycles. The number of H-pyrrole nitrogens is 1. The molecule has 1 aromatic heterocycles. The number of anilines is 1. The number of rotatable bonds is 2. The Morgan fingerprint density at radius 3 is 3.00 bits per heavy atom. The van der Waals surface area contributed by atoms with E-state index < -0.39 is 0 Å². The van der Waals surface area contributed by atoms with Crippen LogP contribution in [0.2, 0.25) is 0 Å². The zero-order chi connectivity index (χ0) is 13.4. The van der Waals surface area contributed by atoms with Crippen LogP contribution < -0.4 is 5.32 Å². The third-order valence-electron chi connectivity index (χ3n) is 4.26. The van der Waals surface area contributed by atoms with Gasteiger partial charge < -0.3 is 10.3 Å². The van der Waals surface area contributed by atoms with Gasteiger partial charge in [0.2, 0.25) is 0 Å². The molecule has 0 saturated heterocycles. The molecule has 3 aromatic rings. The van der Waals surface area contributed by atoms with Gasteiger partial charge in [-0.25, -0.2) is 0 Å². The Balaban J connectivity index is 1.66. The minimum absolute atomic E-state index is 0.441. The number of benzene rings is 2. The fourth-order valence-electron chi connectivity index (χ4n) is 3.25. The molecule has 1 unspecified atom stereocenters. The van der Waals surface area contributed by atoms with Crippen molar-refractivity contribution in [1.82, 2.24) is 4.98 Å². The average Bonchev–Trinajstić information content (AvgIpc) is 2.95. The van der Waals surface area contributed by atoms with Gasteiger partial charge in [0.05, 0.1) is 6.04 Å². The fourth-order valence-corrected chi connectivity index (χ4v) is 3.25. The van der Waals surface area contributed by atoms with Gasteiger partial charge in [0.25, 0.3) is 0 Å². The van der Waals surface area contributed by atoms with Crippen molar-refractivity contribution in [3.8, 4) is 0 Å². The van der Waals surface area contributed by atoms with Gasteiger partial charge in [-0.3, -0.25) is 0 Å². The Bertz CT molecular complexity index is 742. The van der Waals surface area contributed by atoms with E-state index in [1.54, 1.807) is 0 Å². The number of nitrogens with one attached hydrogen (secondary N) is 2. The molecule has 0 amide bonds. The number of aryl methyl sites for hydroxylation is 1. The lowest BCUT2D eigenvalue weighted by molar-refractivity contribution is 0.600. The number of fused-ring (bicyclic) bond motifs is 2. The highest BCUT2D eigenvalue weighted by atomic mass is 14.9. The molecular formula is C18H18N2. The SMILES string of the molecule is c1ccc2c(c1)CCCC2Nc1ccc2[nH]ccc2c1. The third kappa shape index (κ3) is 1.97. The van der Waals surface area contributed by atoms with Gasteiger partial charge in [-0.05, 0) is 54.7 Å². The Morgan fingerprint density at radius 2 is 2.00 bits per heavy atom. The van der Waals surface area contributed by atoms with Crippen LogP contribution in [-0.4, -0.2) is 4.98 Å². The van der Waals surface area contributed by atoms with Crippen molar-refractivity contribution in [3.63, 3.8) is 0 Å². The number of hydrogen-bond donors (Lipinski definition) is 2. The van der Waals surface area contributed by atoms with Gasteiger partial charge in [-0.2, -0.15) is 0 Å². The fraction of sp³-hybridized carbons (Fsp3) is 0.222. The molecule has 0 saturated carbocycles. The van der Waals surface area contributed by atoms with E-state index in [4.69, 9.17) is 0 Å². The highest BCUT2D eigenvalue weighted by Crippen LogP contribution is 2.32. The van der Waals surface area contributed by atoms with Crippen LogP contribution in [-0.2, 0) is 6.42 Å². The van der Waals surface area contributed by atoms with Crippen LogP contribution in [0.25, 0.3) is 10.9 Å². The zero-order valence-corrected chi connectivity index (χ0v) is 11.4. The van der Waals surface area contributed by atoms with E-state index in [1.807, 2.05) is 6.20 Å². The van der Waals surface area contributed by atoms with Crippen LogP contribution in [0.15, 0.2) is 54.7 Å². The summed E-state index contributed by atoms with van der Waals surface area (Å²) in [5.74, 6) is 0. The first-order chi connectivity index (χ1) is 9.90. The number of aromatic amines is 1. The summed E-state index contributed by atoms with van der Waals surface area (Å²) in [6.07, 6.45) is 5.68. The molecule has 0 aliphatic heterocycles. The van der Waals surface area contributed by atoms with Gasteiger partial charge in [0.15, 0.2) is 0 Å². The highest BCUT2D eigenvalue weighted by molar-refractivity contribution is 5.83. The van der Waals surface area contributed by atoms with Crippen molar-refractivity contribution in [2.75, 3.05) is 5.32 Å². The van der Waals surface area contributed by atoms with Crippen LogP contribution >= 0.6 is 0 Å². The second-order valence-electron chi connectivity index (χ2n) is 5.57. The smallest absolute Gasteiger partial charge is 0.0516 e. The molecule has 1 aliphatic rings. The summed E-state index contributed by atoms with van der Waals surface area (Å²) in [6.45, 7) is 0. The molecule has 2 nitrogen and oxygen atoms in total. The average molecular weight is 262 g/mol. The Hall–Kier alpha value is -2.22. The topological polar surface area (TPSA) is 27.8 Å². The lowest BCUT2D eigenvalue weighted by atomic mass is 9.87.